The monoisotopic (exact) mass is 450 g/mol. The van der Waals surface area contributed by atoms with Gasteiger partial charge in [0.15, 0.2) is 0 Å². The van der Waals surface area contributed by atoms with Crippen molar-refractivity contribution < 1.29 is 23.9 Å². The van der Waals surface area contributed by atoms with Crippen molar-refractivity contribution in [3.8, 4) is 0 Å². The molecule has 0 bridgehead atoms. The summed E-state index contributed by atoms with van der Waals surface area (Å²) in [6, 6.07) is 18.6. The lowest BCUT2D eigenvalue weighted by Gasteiger charge is -2.37. The lowest BCUT2D eigenvalue weighted by molar-refractivity contribution is -0.138. The van der Waals surface area contributed by atoms with Crippen LogP contribution in [0.5, 0.6) is 0 Å². The summed E-state index contributed by atoms with van der Waals surface area (Å²) in [5, 5.41) is 0. The first-order valence-corrected chi connectivity index (χ1v) is 11.6. The van der Waals surface area contributed by atoms with Gasteiger partial charge in [-0.15, -0.1) is 0 Å². The summed E-state index contributed by atoms with van der Waals surface area (Å²) in [5.41, 5.74) is 1.50. The second kappa shape index (κ2) is 11.0. The van der Waals surface area contributed by atoms with E-state index in [-0.39, 0.29) is 36.6 Å². The predicted molar refractivity (Wildman–Crippen MR) is 122 cm³/mol. The van der Waals surface area contributed by atoms with Gasteiger partial charge in [0.2, 0.25) is 5.91 Å². The number of benzene rings is 2. The van der Waals surface area contributed by atoms with Gasteiger partial charge < -0.3 is 19.3 Å². The lowest BCUT2D eigenvalue weighted by atomic mass is 9.86. The zero-order valence-electron chi connectivity index (χ0n) is 18.7. The summed E-state index contributed by atoms with van der Waals surface area (Å²) >= 11 is 0. The maximum atomic E-state index is 13.0. The highest BCUT2D eigenvalue weighted by molar-refractivity contribution is 5.89. The molecule has 2 fully saturated rings. The Balaban J connectivity index is 1.17. The second-order valence-electron chi connectivity index (χ2n) is 8.60. The third-order valence-electron chi connectivity index (χ3n) is 6.36. The first kappa shape index (κ1) is 22.8. The molecule has 0 unspecified atom stereocenters. The van der Waals surface area contributed by atoms with E-state index in [0.29, 0.717) is 57.4 Å². The highest BCUT2D eigenvalue weighted by Crippen LogP contribution is 2.29. The Morgan fingerprint density at radius 2 is 1.33 bits per heavy atom. The minimum absolute atomic E-state index is 0.0479. The first-order valence-electron chi connectivity index (χ1n) is 11.6. The Kier molecular flexibility index (Phi) is 7.60. The number of amides is 2. The van der Waals surface area contributed by atoms with Gasteiger partial charge in [0, 0.05) is 32.1 Å². The minimum atomic E-state index is -0.341. The van der Waals surface area contributed by atoms with Crippen molar-refractivity contribution in [3.63, 3.8) is 0 Å². The highest BCUT2D eigenvalue weighted by atomic mass is 16.6. The van der Waals surface area contributed by atoms with Crippen LogP contribution in [0, 0.1) is 5.92 Å². The van der Waals surface area contributed by atoms with E-state index in [2.05, 4.69) is 0 Å². The van der Waals surface area contributed by atoms with E-state index < -0.39 is 0 Å². The molecule has 0 aromatic heterocycles. The van der Waals surface area contributed by atoms with Crippen molar-refractivity contribution in [2.75, 3.05) is 26.2 Å². The summed E-state index contributed by atoms with van der Waals surface area (Å²) in [6.45, 7) is 2.23. The highest BCUT2D eigenvalue weighted by Gasteiger charge is 2.33. The SMILES string of the molecule is O=C(OC1CCC(C(=O)N2CCN(C(=O)OCc3ccccc3)CC2)CC1)c1ccccc1. The van der Waals surface area contributed by atoms with Crippen LogP contribution in [0.2, 0.25) is 0 Å². The molecule has 1 saturated carbocycles. The molecular weight excluding hydrogens is 420 g/mol. The van der Waals surface area contributed by atoms with Gasteiger partial charge in [0.1, 0.15) is 12.7 Å². The van der Waals surface area contributed by atoms with Gasteiger partial charge in [-0.1, -0.05) is 48.5 Å². The molecule has 2 aromatic carbocycles. The van der Waals surface area contributed by atoms with Crippen LogP contribution in [0.4, 0.5) is 4.79 Å². The van der Waals surface area contributed by atoms with E-state index >= 15 is 0 Å². The number of piperazine rings is 1. The average Bonchev–Trinajstić information content (AvgIpc) is 2.88. The van der Waals surface area contributed by atoms with Crippen LogP contribution in [0.25, 0.3) is 0 Å². The second-order valence-corrected chi connectivity index (χ2v) is 8.60. The Bertz CT molecular complexity index is 934. The number of hydrogen-bond acceptors (Lipinski definition) is 5. The van der Waals surface area contributed by atoms with E-state index in [4.69, 9.17) is 9.47 Å². The fraction of sp³-hybridized carbons (Fsp3) is 0.423. The van der Waals surface area contributed by atoms with Crippen LogP contribution in [0.1, 0.15) is 41.6 Å². The number of ether oxygens (including phenoxy) is 2. The molecule has 0 atom stereocenters. The molecule has 0 spiro atoms. The molecule has 2 aromatic rings. The summed E-state index contributed by atoms with van der Waals surface area (Å²) in [6.07, 6.45) is 2.34. The molecule has 33 heavy (non-hydrogen) atoms. The summed E-state index contributed by atoms with van der Waals surface area (Å²) in [4.78, 5) is 41.1. The summed E-state index contributed by atoms with van der Waals surface area (Å²) in [7, 11) is 0. The van der Waals surface area contributed by atoms with Crippen LogP contribution >= 0.6 is 0 Å². The van der Waals surface area contributed by atoms with E-state index in [1.807, 2.05) is 53.4 Å². The fourth-order valence-corrected chi connectivity index (χ4v) is 4.40. The van der Waals surface area contributed by atoms with E-state index in [0.717, 1.165) is 5.56 Å². The maximum absolute atomic E-state index is 13.0. The van der Waals surface area contributed by atoms with Crippen LogP contribution < -0.4 is 0 Å². The zero-order valence-corrected chi connectivity index (χ0v) is 18.7. The first-order chi connectivity index (χ1) is 16.1. The van der Waals surface area contributed by atoms with Gasteiger partial charge in [0.25, 0.3) is 0 Å². The van der Waals surface area contributed by atoms with Crippen molar-refractivity contribution in [2.45, 2.75) is 38.4 Å². The van der Waals surface area contributed by atoms with Crippen LogP contribution in [-0.4, -0.2) is 60.1 Å². The minimum Gasteiger partial charge on any atom is -0.459 e. The molecule has 4 rings (SSSR count). The van der Waals surface area contributed by atoms with Gasteiger partial charge in [-0.05, 0) is 43.4 Å². The molecule has 1 heterocycles. The van der Waals surface area contributed by atoms with Crippen LogP contribution in [0.15, 0.2) is 60.7 Å². The molecule has 1 aliphatic carbocycles. The molecule has 7 nitrogen and oxygen atoms in total. The van der Waals surface area contributed by atoms with Gasteiger partial charge >= 0.3 is 12.1 Å². The van der Waals surface area contributed by atoms with Crippen molar-refractivity contribution in [3.05, 3.63) is 71.8 Å². The number of carbonyl (C=O) groups excluding carboxylic acids is 3. The largest absolute Gasteiger partial charge is 0.459 e. The molecule has 1 saturated heterocycles. The molecule has 0 N–H and O–H groups in total. The summed E-state index contributed by atoms with van der Waals surface area (Å²) in [5.74, 6) is -0.214. The van der Waals surface area contributed by atoms with E-state index in [9.17, 15) is 14.4 Å². The third kappa shape index (κ3) is 6.12. The van der Waals surface area contributed by atoms with E-state index in [1.165, 1.54) is 0 Å². The number of carbonyl (C=O) groups is 3. The normalized spacial score (nSPS) is 20.7. The number of nitrogens with zero attached hydrogens (tertiary/aromatic N) is 2. The van der Waals surface area contributed by atoms with Gasteiger partial charge in [-0.3, -0.25) is 4.79 Å². The predicted octanol–water partition coefficient (Wildman–Crippen LogP) is 3.88. The molecular formula is C26H30N2O5. The van der Waals surface area contributed by atoms with Gasteiger partial charge in [-0.25, -0.2) is 9.59 Å². The number of esters is 1. The third-order valence-corrected chi connectivity index (χ3v) is 6.36. The number of hydrogen-bond donors (Lipinski definition) is 0. The Morgan fingerprint density at radius 1 is 0.758 bits per heavy atom. The van der Waals surface area contributed by atoms with Crippen molar-refractivity contribution in [2.24, 2.45) is 5.92 Å². The molecule has 1 aliphatic heterocycles. The number of rotatable bonds is 5. The molecule has 2 aliphatic rings. The fourth-order valence-electron chi connectivity index (χ4n) is 4.40. The Morgan fingerprint density at radius 3 is 1.97 bits per heavy atom. The quantitative estimate of drug-likeness (QED) is 0.646. The van der Waals surface area contributed by atoms with E-state index in [1.54, 1.807) is 17.0 Å². The van der Waals surface area contributed by atoms with Crippen LogP contribution in [0.3, 0.4) is 0 Å². The lowest BCUT2D eigenvalue weighted by Crippen LogP contribution is -2.52. The molecule has 7 heteroatoms. The van der Waals surface area contributed by atoms with Crippen molar-refractivity contribution in [1.29, 1.82) is 0 Å². The molecule has 0 radical (unpaired) electrons. The van der Waals surface area contributed by atoms with Gasteiger partial charge in [-0.2, -0.15) is 0 Å². The Hall–Kier alpha value is -3.35. The van der Waals surface area contributed by atoms with Crippen LogP contribution in [-0.2, 0) is 20.9 Å². The molecule has 2 amide bonds. The van der Waals surface area contributed by atoms with Gasteiger partial charge in [0.05, 0.1) is 5.56 Å². The zero-order chi connectivity index (χ0) is 23.0. The Labute approximate surface area is 194 Å². The standard InChI is InChI=1S/C26H30N2O5/c29-24(21-11-13-23(14-12-21)33-25(30)22-9-5-2-6-10-22)27-15-17-28(18-16-27)26(31)32-19-20-7-3-1-4-8-20/h1-10,21,23H,11-19H2. The van der Waals surface area contributed by atoms with Crippen molar-refractivity contribution in [1.82, 2.24) is 9.80 Å². The maximum Gasteiger partial charge on any atom is 0.410 e. The smallest absolute Gasteiger partial charge is 0.410 e. The topological polar surface area (TPSA) is 76.2 Å². The molecule has 174 valence electrons. The summed E-state index contributed by atoms with van der Waals surface area (Å²) < 4.78 is 11.0. The average molecular weight is 451 g/mol. The van der Waals surface area contributed by atoms with Crippen molar-refractivity contribution >= 4 is 18.0 Å².